The number of nitrogens with one attached hydrogen (secondary N) is 2. The van der Waals surface area contributed by atoms with Crippen LogP contribution in [0, 0.1) is 10.1 Å². The van der Waals surface area contributed by atoms with Crippen LogP contribution < -0.4 is 10.6 Å². The molecule has 2 heterocycles. The summed E-state index contributed by atoms with van der Waals surface area (Å²) in [7, 11) is 0. The SMILES string of the molecule is CCOC(=O)CN1C(=O)c2ccc(NC(=C3C(=O)Nc4ccc([N+](=O)[O-])cc43)c3ccccc3)cc2C1=O. The molecule has 2 aliphatic rings. The van der Waals surface area contributed by atoms with Gasteiger partial charge in [0.2, 0.25) is 0 Å². The van der Waals surface area contributed by atoms with E-state index >= 15 is 0 Å². The number of benzene rings is 3. The lowest BCUT2D eigenvalue weighted by molar-refractivity contribution is -0.384. The molecule has 11 heteroatoms. The average Bonchev–Trinajstić information content (AvgIpc) is 3.35. The van der Waals surface area contributed by atoms with E-state index in [9.17, 15) is 29.3 Å². The van der Waals surface area contributed by atoms with Gasteiger partial charge in [-0.3, -0.25) is 34.2 Å². The molecule has 2 N–H and O–H groups in total. The van der Waals surface area contributed by atoms with Crippen LogP contribution in [0.15, 0.2) is 66.7 Å². The lowest BCUT2D eigenvalue weighted by atomic mass is 9.99. The van der Waals surface area contributed by atoms with Gasteiger partial charge in [-0.15, -0.1) is 0 Å². The van der Waals surface area contributed by atoms with Crippen molar-refractivity contribution in [2.24, 2.45) is 0 Å². The van der Waals surface area contributed by atoms with Crippen molar-refractivity contribution < 1.29 is 28.8 Å². The van der Waals surface area contributed by atoms with E-state index in [1.165, 1.54) is 30.3 Å². The van der Waals surface area contributed by atoms with E-state index in [1.54, 1.807) is 43.3 Å². The summed E-state index contributed by atoms with van der Waals surface area (Å²) in [5.41, 5.74) is 2.37. The minimum atomic E-state index is -0.698. The van der Waals surface area contributed by atoms with E-state index in [1.807, 2.05) is 0 Å². The number of hydrogen-bond acceptors (Lipinski definition) is 8. The molecule has 0 aromatic heterocycles. The first-order valence-corrected chi connectivity index (χ1v) is 11.6. The molecule has 0 radical (unpaired) electrons. The molecule has 0 saturated heterocycles. The predicted molar refractivity (Wildman–Crippen MR) is 137 cm³/mol. The van der Waals surface area contributed by atoms with Crippen molar-refractivity contribution >= 4 is 52.0 Å². The van der Waals surface area contributed by atoms with Gasteiger partial charge in [0.05, 0.1) is 33.9 Å². The van der Waals surface area contributed by atoms with Crippen molar-refractivity contribution in [1.29, 1.82) is 0 Å². The molecule has 11 nitrogen and oxygen atoms in total. The second-order valence-electron chi connectivity index (χ2n) is 8.44. The van der Waals surface area contributed by atoms with Gasteiger partial charge in [-0.1, -0.05) is 30.3 Å². The molecule has 3 aromatic carbocycles. The zero-order valence-corrected chi connectivity index (χ0v) is 20.0. The molecule has 0 aliphatic carbocycles. The first-order chi connectivity index (χ1) is 18.3. The molecule has 0 fully saturated rings. The van der Waals surface area contributed by atoms with Crippen LogP contribution in [0.3, 0.4) is 0 Å². The highest BCUT2D eigenvalue weighted by Crippen LogP contribution is 2.39. The highest BCUT2D eigenvalue weighted by atomic mass is 16.6. The molecule has 3 aromatic rings. The van der Waals surface area contributed by atoms with Crippen molar-refractivity contribution in [3.8, 4) is 0 Å². The fourth-order valence-electron chi connectivity index (χ4n) is 4.39. The zero-order chi connectivity index (χ0) is 27.0. The van der Waals surface area contributed by atoms with Crippen LogP contribution in [0.2, 0.25) is 0 Å². The summed E-state index contributed by atoms with van der Waals surface area (Å²) in [6.07, 6.45) is 0. The lowest BCUT2D eigenvalue weighted by Gasteiger charge is -2.15. The minimum Gasteiger partial charge on any atom is -0.465 e. The van der Waals surface area contributed by atoms with Gasteiger partial charge in [-0.25, -0.2) is 0 Å². The number of carbonyl (C=O) groups is 4. The third-order valence-corrected chi connectivity index (χ3v) is 6.10. The number of rotatable bonds is 7. The van der Waals surface area contributed by atoms with Crippen LogP contribution in [-0.4, -0.2) is 46.7 Å². The molecule has 2 aliphatic heterocycles. The van der Waals surface area contributed by atoms with E-state index in [-0.39, 0.29) is 29.0 Å². The number of fused-ring (bicyclic) bond motifs is 2. The van der Waals surface area contributed by atoms with Gasteiger partial charge in [-0.2, -0.15) is 0 Å². The number of imide groups is 1. The summed E-state index contributed by atoms with van der Waals surface area (Å²) in [6.45, 7) is 1.24. The summed E-state index contributed by atoms with van der Waals surface area (Å²) in [5, 5.41) is 17.3. The third kappa shape index (κ3) is 4.26. The van der Waals surface area contributed by atoms with Crippen molar-refractivity contribution in [2.45, 2.75) is 6.92 Å². The van der Waals surface area contributed by atoms with E-state index in [4.69, 9.17) is 4.74 Å². The van der Waals surface area contributed by atoms with Crippen LogP contribution in [-0.2, 0) is 14.3 Å². The van der Waals surface area contributed by atoms with Crippen LogP contribution in [0.5, 0.6) is 0 Å². The molecule has 0 unspecified atom stereocenters. The van der Waals surface area contributed by atoms with E-state index < -0.39 is 35.2 Å². The Labute approximate surface area is 215 Å². The first-order valence-electron chi connectivity index (χ1n) is 11.6. The maximum Gasteiger partial charge on any atom is 0.326 e. The molecular weight excluding hydrogens is 492 g/mol. The lowest BCUT2D eigenvalue weighted by Crippen LogP contribution is -2.35. The van der Waals surface area contributed by atoms with Crippen LogP contribution in [0.25, 0.3) is 11.3 Å². The largest absolute Gasteiger partial charge is 0.465 e. The van der Waals surface area contributed by atoms with Crippen LogP contribution in [0.4, 0.5) is 17.1 Å². The number of carbonyl (C=O) groups excluding carboxylic acids is 4. The summed E-state index contributed by atoms with van der Waals surface area (Å²) in [4.78, 5) is 62.3. The van der Waals surface area contributed by atoms with E-state index in [0.717, 1.165) is 4.90 Å². The number of nitrogens with zero attached hydrogens (tertiary/aromatic N) is 2. The number of anilines is 2. The quantitative estimate of drug-likeness (QED) is 0.160. The first kappa shape index (κ1) is 24.4. The molecule has 38 heavy (non-hydrogen) atoms. The number of ether oxygens (including phenoxy) is 1. The molecular formula is C27H20N4O7. The number of amides is 3. The monoisotopic (exact) mass is 512 g/mol. The maximum atomic E-state index is 13.1. The maximum absolute atomic E-state index is 13.1. The highest BCUT2D eigenvalue weighted by molar-refractivity contribution is 6.37. The topological polar surface area (TPSA) is 148 Å². The minimum absolute atomic E-state index is 0.0913. The standard InChI is InChI=1S/C27H20N4O7/c1-2-38-22(32)14-30-26(34)18-10-8-16(12-19(18)27(30)35)28-24(15-6-4-3-5-7-15)23-20-13-17(31(36)37)9-11-21(20)29-25(23)33/h3-13,28H,2,14H2,1H3,(H,29,33). The molecule has 5 rings (SSSR count). The highest BCUT2D eigenvalue weighted by Gasteiger charge is 2.37. The summed E-state index contributed by atoms with van der Waals surface area (Å²) >= 11 is 0. The van der Waals surface area contributed by atoms with Gasteiger partial charge in [0.15, 0.2) is 0 Å². The molecule has 0 spiro atoms. The van der Waals surface area contributed by atoms with Crippen molar-refractivity contribution in [3.05, 3.63) is 99.1 Å². The Bertz CT molecular complexity index is 1560. The fraction of sp³-hybridized carbons (Fsp3) is 0.111. The molecule has 3 amide bonds. The number of nitro benzene ring substituents is 1. The molecule has 0 bridgehead atoms. The van der Waals surface area contributed by atoms with Gasteiger partial charge in [-0.05, 0) is 36.8 Å². The van der Waals surface area contributed by atoms with Crippen LogP contribution >= 0.6 is 0 Å². The average molecular weight is 512 g/mol. The fourth-order valence-corrected chi connectivity index (χ4v) is 4.39. The van der Waals surface area contributed by atoms with Gasteiger partial charge in [0.1, 0.15) is 6.54 Å². The Morgan fingerprint density at radius 1 is 0.974 bits per heavy atom. The number of hydrogen-bond donors (Lipinski definition) is 2. The van der Waals surface area contributed by atoms with E-state index in [2.05, 4.69) is 10.6 Å². The molecule has 0 atom stereocenters. The number of non-ortho nitro benzene ring substituents is 1. The summed E-state index contributed by atoms with van der Waals surface area (Å²) < 4.78 is 4.86. The van der Waals surface area contributed by atoms with Gasteiger partial charge < -0.3 is 15.4 Å². The second kappa shape index (κ2) is 9.62. The third-order valence-electron chi connectivity index (χ3n) is 6.10. The molecule has 0 saturated carbocycles. The predicted octanol–water partition coefficient (Wildman–Crippen LogP) is 3.69. The van der Waals surface area contributed by atoms with Gasteiger partial charge in [0.25, 0.3) is 23.4 Å². The summed E-state index contributed by atoms with van der Waals surface area (Å²) in [5.74, 6) is -2.41. The van der Waals surface area contributed by atoms with Crippen LogP contribution in [0.1, 0.15) is 38.8 Å². The number of esters is 1. The van der Waals surface area contributed by atoms with Crippen molar-refractivity contribution in [1.82, 2.24) is 4.90 Å². The van der Waals surface area contributed by atoms with Crippen molar-refractivity contribution in [2.75, 3.05) is 23.8 Å². The Balaban J connectivity index is 1.57. The Kier molecular flexibility index (Phi) is 6.17. The Hall–Kier alpha value is -5.32. The normalized spacial score (nSPS) is 15.1. The number of nitro groups is 1. The summed E-state index contributed by atoms with van der Waals surface area (Å²) in [6, 6.07) is 17.5. The molecule has 190 valence electrons. The Morgan fingerprint density at radius 2 is 1.71 bits per heavy atom. The smallest absolute Gasteiger partial charge is 0.326 e. The van der Waals surface area contributed by atoms with Gasteiger partial charge >= 0.3 is 5.97 Å². The zero-order valence-electron chi connectivity index (χ0n) is 20.0. The second-order valence-corrected chi connectivity index (χ2v) is 8.44. The van der Waals surface area contributed by atoms with Gasteiger partial charge in [0, 0.05) is 29.1 Å². The van der Waals surface area contributed by atoms with Crippen molar-refractivity contribution in [3.63, 3.8) is 0 Å². The Morgan fingerprint density at radius 3 is 2.42 bits per heavy atom. The van der Waals surface area contributed by atoms with E-state index in [0.29, 0.717) is 28.2 Å².